The Labute approximate surface area is 188 Å². The largest absolute Gasteiger partial charge is 0.370 e. The smallest absolute Gasteiger partial charge is 0.193 e. The quantitative estimate of drug-likeness (QED) is 0.310. The summed E-state index contributed by atoms with van der Waals surface area (Å²) in [5.74, 6) is 0.854. The topological polar surface area (TPSA) is 101 Å². The van der Waals surface area contributed by atoms with Gasteiger partial charge in [0.1, 0.15) is 0 Å². The van der Waals surface area contributed by atoms with Gasteiger partial charge in [-0.2, -0.15) is 0 Å². The van der Waals surface area contributed by atoms with E-state index in [9.17, 15) is 0 Å². The van der Waals surface area contributed by atoms with E-state index in [2.05, 4.69) is 57.0 Å². The Hall–Kier alpha value is -3.32. The molecule has 6 nitrogen and oxygen atoms in total. The summed E-state index contributed by atoms with van der Waals surface area (Å²) in [6.07, 6.45) is 0. The molecule has 6 N–H and O–H groups in total. The van der Waals surface area contributed by atoms with Gasteiger partial charge in [0, 0.05) is 33.2 Å². The Bertz CT molecular complexity index is 962. The molecule has 0 amide bonds. The maximum atomic E-state index is 5.90. The van der Waals surface area contributed by atoms with Gasteiger partial charge in [-0.25, -0.2) is 0 Å². The van der Waals surface area contributed by atoms with Gasteiger partial charge in [-0.15, -0.1) is 11.3 Å². The Morgan fingerprint density at radius 3 is 1.32 bits per heavy atom. The molecule has 162 valence electrons. The number of aliphatic imine (C=N–C) groups is 2. The first kappa shape index (κ1) is 22.4. The van der Waals surface area contributed by atoms with Crippen LogP contribution in [0.15, 0.2) is 70.6 Å². The molecule has 0 bridgehead atoms. The molecule has 2 aromatic carbocycles. The molecular formula is C24H30N6S. The van der Waals surface area contributed by atoms with Crippen molar-refractivity contribution in [2.45, 2.75) is 39.8 Å². The normalized spacial score (nSPS) is 12.5. The molecule has 1 aromatic heterocycles. The lowest BCUT2D eigenvalue weighted by atomic mass is 10.1. The molecule has 0 saturated heterocycles. The highest BCUT2D eigenvalue weighted by Crippen LogP contribution is 2.35. The van der Waals surface area contributed by atoms with Crippen LogP contribution in [0.3, 0.4) is 0 Å². The first-order valence-electron chi connectivity index (χ1n) is 10.3. The van der Waals surface area contributed by atoms with Crippen LogP contribution in [0.1, 0.15) is 27.7 Å². The summed E-state index contributed by atoms with van der Waals surface area (Å²) < 4.78 is 0. The van der Waals surface area contributed by atoms with E-state index in [-0.39, 0.29) is 12.1 Å². The molecule has 3 rings (SSSR count). The zero-order chi connectivity index (χ0) is 22.4. The second-order valence-corrected chi connectivity index (χ2v) is 8.87. The van der Waals surface area contributed by atoms with Crippen molar-refractivity contribution in [2.75, 3.05) is 10.6 Å². The number of hydrogen-bond acceptors (Lipinski definition) is 3. The van der Waals surface area contributed by atoms with Crippen LogP contribution in [0.5, 0.6) is 0 Å². The minimum Gasteiger partial charge on any atom is -0.370 e. The number of anilines is 2. The van der Waals surface area contributed by atoms with Crippen molar-refractivity contribution < 1.29 is 0 Å². The molecule has 1 heterocycles. The Kier molecular flexibility index (Phi) is 7.31. The monoisotopic (exact) mass is 434 g/mol. The maximum absolute atomic E-state index is 5.90. The summed E-state index contributed by atoms with van der Waals surface area (Å²) in [5.41, 5.74) is 16.0. The van der Waals surface area contributed by atoms with Gasteiger partial charge in [0.15, 0.2) is 11.9 Å². The molecule has 3 aromatic rings. The lowest BCUT2D eigenvalue weighted by Gasteiger charge is -2.08. The van der Waals surface area contributed by atoms with Crippen LogP contribution in [0.2, 0.25) is 0 Å². The van der Waals surface area contributed by atoms with Crippen molar-refractivity contribution >= 4 is 34.6 Å². The molecule has 31 heavy (non-hydrogen) atoms. The fourth-order valence-electron chi connectivity index (χ4n) is 3.00. The number of benzene rings is 2. The summed E-state index contributed by atoms with van der Waals surface area (Å²) in [6.45, 7) is 7.97. The first-order chi connectivity index (χ1) is 14.8. The Morgan fingerprint density at radius 2 is 1.00 bits per heavy atom. The molecule has 0 unspecified atom stereocenters. The molecule has 0 spiro atoms. The fourth-order valence-corrected chi connectivity index (χ4v) is 4.02. The minimum atomic E-state index is 0.159. The number of nitrogens with two attached hydrogens (primary N) is 2. The van der Waals surface area contributed by atoms with E-state index in [1.165, 1.54) is 9.75 Å². The van der Waals surface area contributed by atoms with Gasteiger partial charge in [-0.3, -0.25) is 9.98 Å². The summed E-state index contributed by atoms with van der Waals surface area (Å²) >= 11 is 1.76. The van der Waals surface area contributed by atoms with Crippen molar-refractivity contribution in [1.82, 2.24) is 0 Å². The van der Waals surface area contributed by atoms with Crippen LogP contribution in [0, 0.1) is 0 Å². The highest BCUT2D eigenvalue weighted by molar-refractivity contribution is 7.18. The lowest BCUT2D eigenvalue weighted by molar-refractivity contribution is 0.833. The van der Waals surface area contributed by atoms with Gasteiger partial charge in [-0.05, 0) is 75.2 Å². The van der Waals surface area contributed by atoms with Crippen LogP contribution < -0.4 is 22.1 Å². The summed E-state index contributed by atoms with van der Waals surface area (Å²) in [6, 6.07) is 21.0. The van der Waals surface area contributed by atoms with Gasteiger partial charge < -0.3 is 22.1 Å². The molecule has 0 aliphatic heterocycles. The van der Waals surface area contributed by atoms with E-state index in [0.29, 0.717) is 11.9 Å². The predicted octanol–water partition coefficient (Wildman–Crippen LogP) is 5.35. The average Bonchev–Trinajstić information content (AvgIpc) is 3.18. The van der Waals surface area contributed by atoms with E-state index >= 15 is 0 Å². The third kappa shape index (κ3) is 6.58. The second-order valence-electron chi connectivity index (χ2n) is 7.78. The van der Waals surface area contributed by atoms with E-state index in [0.717, 1.165) is 22.5 Å². The highest BCUT2D eigenvalue weighted by atomic mass is 32.1. The number of hydrogen-bond donors (Lipinski definition) is 4. The highest BCUT2D eigenvalue weighted by Gasteiger charge is 2.06. The second kappa shape index (κ2) is 10.1. The van der Waals surface area contributed by atoms with Crippen molar-refractivity contribution in [3.05, 3.63) is 60.7 Å². The maximum Gasteiger partial charge on any atom is 0.193 e. The SMILES string of the molecule is CC(C)N=C(N)Nc1ccc(-c2ccc(-c3ccc(NC(N)=NC(C)C)cc3)s2)cc1. The van der Waals surface area contributed by atoms with Gasteiger partial charge in [0.2, 0.25) is 0 Å². The molecule has 0 radical (unpaired) electrons. The molecule has 0 atom stereocenters. The minimum absolute atomic E-state index is 0.159. The summed E-state index contributed by atoms with van der Waals surface area (Å²) in [4.78, 5) is 11.0. The Morgan fingerprint density at radius 1 is 0.645 bits per heavy atom. The number of rotatable bonds is 6. The van der Waals surface area contributed by atoms with Crippen molar-refractivity contribution in [2.24, 2.45) is 21.5 Å². The van der Waals surface area contributed by atoms with Gasteiger partial charge in [-0.1, -0.05) is 24.3 Å². The summed E-state index contributed by atoms with van der Waals surface area (Å²) in [7, 11) is 0. The van der Waals surface area contributed by atoms with Crippen LogP contribution in [-0.2, 0) is 0 Å². The molecule has 0 aliphatic rings. The van der Waals surface area contributed by atoms with Gasteiger partial charge in [0.05, 0.1) is 0 Å². The van der Waals surface area contributed by atoms with Gasteiger partial charge in [0.25, 0.3) is 0 Å². The van der Waals surface area contributed by atoms with Crippen molar-refractivity contribution in [3.63, 3.8) is 0 Å². The molecule has 0 aliphatic carbocycles. The van der Waals surface area contributed by atoms with Gasteiger partial charge >= 0.3 is 0 Å². The zero-order valence-electron chi connectivity index (χ0n) is 18.4. The molecule has 0 fully saturated rings. The predicted molar refractivity (Wildman–Crippen MR) is 136 cm³/mol. The van der Waals surface area contributed by atoms with E-state index in [4.69, 9.17) is 11.5 Å². The lowest BCUT2D eigenvalue weighted by Crippen LogP contribution is -2.23. The van der Waals surface area contributed by atoms with Crippen LogP contribution in [0.4, 0.5) is 11.4 Å². The van der Waals surface area contributed by atoms with Crippen molar-refractivity contribution in [1.29, 1.82) is 0 Å². The van der Waals surface area contributed by atoms with Crippen LogP contribution in [0.25, 0.3) is 20.9 Å². The fraction of sp³-hybridized carbons (Fsp3) is 0.250. The van der Waals surface area contributed by atoms with Crippen LogP contribution >= 0.6 is 11.3 Å². The zero-order valence-corrected chi connectivity index (χ0v) is 19.2. The number of thiophene rings is 1. The average molecular weight is 435 g/mol. The molecule has 7 heteroatoms. The Balaban J connectivity index is 1.68. The third-order valence-electron chi connectivity index (χ3n) is 4.28. The number of nitrogens with one attached hydrogen (secondary N) is 2. The van der Waals surface area contributed by atoms with E-state index in [1.807, 2.05) is 52.0 Å². The molecular weight excluding hydrogens is 404 g/mol. The standard InChI is InChI=1S/C24H30N6S/c1-15(2)27-23(25)29-19-9-5-17(6-10-19)21-13-14-22(31-21)18-7-11-20(12-8-18)30-24(26)28-16(3)4/h5-16H,1-4H3,(H3,25,27,29)(H3,26,28,30). The first-order valence-corrected chi connectivity index (χ1v) is 11.1. The summed E-state index contributed by atoms with van der Waals surface area (Å²) in [5, 5.41) is 6.24. The van der Waals surface area contributed by atoms with Crippen molar-refractivity contribution in [3.8, 4) is 20.9 Å². The van der Waals surface area contributed by atoms with E-state index < -0.39 is 0 Å². The van der Waals surface area contributed by atoms with E-state index in [1.54, 1.807) is 11.3 Å². The third-order valence-corrected chi connectivity index (χ3v) is 5.47. The number of guanidine groups is 2. The number of nitrogens with zero attached hydrogens (tertiary/aromatic N) is 2. The molecule has 0 saturated carbocycles. The van der Waals surface area contributed by atoms with Crippen LogP contribution in [-0.4, -0.2) is 24.0 Å².